The number of carboxylic acids is 1. The summed E-state index contributed by atoms with van der Waals surface area (Å²) in [6, 6.07) is 6.44. The van der Waals surface area contributed by atoms with E-state index in [1.54, 1.807) is 4.90 Å². The van der Waals surface area contributed by atoms with Crippen LogP contribution in [-0.2, 0) is 4.79 Å². The van der Waals surface area contributed by atoms with Gasteiger partial charge in [-0.1, -0.05) is 12.1 Å². The fourth-order valence-corrected chi connectivity index (χ4v) is 2.93. The van der Waals surface area contributed by atoms with E-state index in [-0.39, 0.29) is 6.03 Å². The van der Waals surface area contributed by atoms with Crippen LogP contribution in [0.4, 0.5) is 10.5 Å². The minimum Gasteiger partial charge on any atom is -0.491 e. The van der Waals surface area contributed by atoms with Gasteiger partial charge in [-0.2, -0.15) is 0 Å². The van der Waals surface area contributed by atoms with Gasteiger partial charge in [-0.25, -0.2) is 9.59 Å². The van der Waals surface area contributed by atoms with E-state index in [0.29, 0.717) is 31.9 Å². The molecule has 1 aromatic carbocycles. The van der Waals surface area contributed by atoms with Gasteiger partial charge in [-0.3, -0.25) is 4.90 Å². The van der Waals surface area contributed by atoms with Crippen LogP contribution in [0.1, 0.15) is 19.3 Å². The quantitative estimate of drug-likeness (QED) is 0.858. The minimum atomic E-state index is -0.930. The highest BCUT2D eigenvalue weighted by atomic mass is 16.5. The van der Waals surface area contributed by atoms with Gasteiger partial charge >= 0.3 is 12.0 Å². The Bertz CT molecular complexity index is 560. The molecule has 3 rings (SSSR count). The molecule has 112 valence electrons. The van der Waals surface area contributed by atoms with Crippen LogP contribution in [0, 0.1) is 0 Å². The number of hydrogen-bond donors (Lipinski definition) is 1. The molecule has 2 aliphatic rings. The number of carbonyl (C=O) groups excluding carboxylic acids is 1. The molecule has 1 saturated heterocycles. The lowest BCUT2D eigenvalue weighted by atomic mass is 10.2. The Kier molecular flexibility index (Phi) is 3.68. The Hall–Kier alpha value is -2.24. The largest absolute Gasteiger partial charge is 0.491 e. The van der Waals surface area contributed by atoms with Crippen molar-refractivity contribution in [3.05, 3.63) is 24.3 Å². The van der Waals surface area contributed by atoms with E-state index in [1.807, 2.05) is 24.3 Å². The van der Waals surface area contributed by atoms with E-state index in [4.69, 9.17) is 4.74 Å². The highest BCUT2D eigenvalue weighted by Gasteiger charge is 2.37. The predicted molar refractivity (Wildman–Crippen MR) is 76.7 cm³/mol. The fourth-order valence-electron chi connectivity index (χ4n) is 2.93. The van der Waals surface area contributed by atoms with Crippen molar-refractivity contribution in [2.45, 2.75) is 25.3 Å². The zero-order chi connectivity index (χ0) is 14.8. The third kappa shape index (κ3) is 2.53. The Morgan fingerprint density at radius 1 is 1.19 bits per heavy atom. The summed E-state index contributed by atoms with van der Waals surface area (Å²) in [5.74, 6) is -0.255. The zero-order valence-electron chi connectivity index (χ0n) is 11.7. The molecule has 0 spiro atoms. The SMILES string of the molecule is O=C(O)[C@H]1CCCN1C(=O)N1CCCOc2ccccc21. The van der Waals surface area contributed by atoms with Crippen molar-refractivity contribution in [1.29, 1.82) is 0 Å². The number of carbonyl (C=O) groups is 2. The number of rotatable bonds is 1. The molecule has 6 nitrogen and oxygen atoms in total. The first-order valence-corrected chi connectivity index (χ1v) is 7.21. The highest BCUT2D eigenvalue weighted by Crippen LogP contribution is 2.32. The number of anilines is 1. The van der Waals surface area contributed by atoms with E-state index in [1.165, 1.54) is 4.90 Å². The second-order valence-corrected chi connectivity index (χ2v) is 5.29. The van der Waals surface area contributed by atoms with E-state index in [0.717, 1.165) is 18.5 Å². The highest BCUT2D eigenvalue weighted by molar-refractivity contribution is 5.96. The number of nitrogens with zero attached hydrogens (tertiary/aromatic N) is 2. The first-order chi connectivity index (χ1) is 10.2. The number of ether oxygens (including phenoxy) is 1. The summed E-state index contributed by atoms with van der Waals surface area (Å²) < 4.78 is 5.64. The Morgan fingerprint density at radius 3 is 2.81 bits per heavy atom. The molecular weight excluding hydrogens is 272 g/mol. The molecule has 2 heterocycles. The lowest BCUT2D eigenvalue weighted by molar-refractivity contribution is -0.141. The van der Waals surface area contributed by atoms with Crippen LogP contribution < -0.4 is 9.64 Å². The standard InChI is InChI=1S/C15H18N2O4/c18-14(19)12-6-3-8-17(12)15(20)16-9-4-10-21-13-7-2-1-5-11(13)16/h1-2,5,7,12H,3-4,6,8-10H2,(H,18,19)/t12-/m1/s1. The zero-order valence-corrected chi connectivity index (χ0v) is 11.7. The van der Waals surface area contributed by atoms with Gasteiger partial charge in [-0.05, 0) is 31.4 Å². The molecule has 2 amide bonds. The monoisotopic (exact) mass is 290 g/mol. The number of hydrogen-bond acceptors (Lipinski definition) is 3. The maximum Gasteiger partial charge on any atom is 0.326 e. The molecule has 1 N–H and O–H groups in total. The summed E-state index contributed by atoms with van der Waals surface area (Å²) in [6.45, 7) is 1.59. The van der Waals surface area contributed by atoms with Crippen LogP contribution in [0.5, 0.6) is 5.75 Å². The average Bonchev–Trinajstić information content (AvgIpc) is 2.88. The molecule has 0 unspecified atom stereocenters. The third-order valence-corrected chi connectivity index (χ3v) is 3.95. The lowest BCUT2D eigenvalue weighted by Crippen LogP contribution is -2.48. The van der Waals surface area contributed by atoms with Crippen LogP contribution in [-0.4, -0.2) is 47.7 Å². The minimum absolute atomic E-state index is 0.238. The van der Waals surface area contributed by atoms with Gasteiger partial charge in [0.25, 0.3) is 0 Å². The molecule has 2 aliphatic heterocycles. The van der Waals surface area contributed by atoms with Gasteiger partial charge in [0.2, 0.25) is 0 Å². The van der Waals surface area contributed by atoms with Crippen molar-refractivity contribution in [2.24, 2.45) is 0 Å². The number of likely N-dealkylation sites (tertiary alicyclic amines) is 1. The van der Waals surface area contributed by atoms with Crippen molar-refractivity contribution in [1.82, 2.24) is 4.90 Å². The van der Waals surface area contributed by atoms with Crippen LogP contribution in [0.25, 0.3) is 0 Å². The second-order valence-electron chi connectivity index (χ2n) is 5.29. The smallest absolute Gasteiger partial charge is 0.326 e. The first-order valence-electron chi connectivity index (χ1n) is 7.21. The number of para-hydroxylation sites is 2. The van der Waals surface area contributed by atoms with Crippen molar-refractivity contribution in [3.8, 4) is 5.75 Å². The summed E-state index contributed by atoms with van der Waals surface area (Å²) in [6.07, 6.45) is 1.98. The first kappa shape index (κ1) is 13.7. The van der Waals surface area contributed by atoms with Crippen LogP contribution >= 0.6 is 0 Å². The number of aliphatic carboxylic acids is 1. The Balaban J connectivity index is 1.89. The molecular formula is C15H18N2O4. The van der Waals surface area contributed by atoms with Crippen LogP contribution in [0.2, 0.25) is 0 Å². The summed E-state index contributed by atoms with van der Waals surface area (Å²) >= 11 is 0. The number of amides is 2. The predicted octanol–water partition coefficient (Wildman–Crippen LogP) is 1.94. The van der Waals surface area contributed by atoms with Gasteiger partial charge in [0.05, 0.1) is 12.3 Å². The Labute approximate surface area is 122 Å². The van der Waals surface area contributed by atoms with Gasteiger partial charge in [0, 0.05) is 13.1 Å². The molecule has 1 fully saturated rings. The number of urea groups is 1. The molecule has 1 atom stereocenters. The molecule has 0 radical (unpaired) electrons. The van der Waals surface area contributed by atoms with Crippen molar-refractivity contribution in [2.75, 3.05) is 24.6 Å². The number of carboxylic acid groups (broad SMARTS) is 1. The van der Waals surface area contributed by atoms with E-state index < -0.39 is 12.0 Å². The average molecular weight is 290 g/mol. The molecule has 0 bridgehead atoms. The maximum atomic E-state index is 12.8. The van der Waals surface area contributed by atoms with Crippen LogP contribution in [0.3, 0.4) is 0 Å². The summed E-state index contributed by atoms with van der Waals surface area (Å²) in [7, 11) is 0. The molecule has 6 heteroatoms. The van der Waals surface area contributed by atoms with Crippen LogP contribution in [0.15, 0.2) is 24.3 Å². The number of benzene rings is 1. The van der Waals surface area contributed by atoms with Gasteiger partial charge in [0.1, 0.15) is 11.8 Å². The van der Waals surface area contributed by atoms with Crippen molar-refractivity contribution < 1.29 is 19.4 Å². The molecule has 0 aromatic heterocycles. The van der Waals surface area contributed by atoms with Crippen molar-refractivity contribution >= 4 is 17.7 Å². The molecule has 21 heavy (non-hydrogen) atoms. The summed E-state index contributed by atoms with van der Waals surface area (Å²) in [5, 5.41) is 9.24. The normalized spacial score (nSPS) is 21.4. The second kappa shape index (κ2) is 5.63. The van der Waals surface area contributed by atoms with Gasteiger partial charge < -0.3 is 14.7 Å². The molecule has 1 aromatic rings. The topological polar surface area (TPSA) is 70.1 Å². The van der Waals surface area contributed by atoms with E-state index >= 15 is 0 Å². The molecule has 0 saturated carbocycles. The Morgan fingerprint density at radius 2 is 2.00 bits per heavy atom. The fraction of sp³-hybridized carbons (Fsp3) is 0.467. The molecule has 0 aliphatic carbocycles. The van der Waals surface area contributed by atoms with Gasteiger partial charge in [0.15, 0.2) is 0 Å². The van der Waals surface area contributed by atoms with E-state index in [9.17, 15) is 14.7 Å². The maximum absolute atomic E-state index is 12.8. The lowest BCUT2D eigenvalue weighted by Gasteiger charge is -2.29. The van der Waals surface area contributed by atoms with Gasteiger partial charge in [-0.15, -0.1) is 0 Å². The van der Waals surface area contributed by atoms with Crippen molar-refractivity contribution in [3.63, 3.8) is 0 Å². The summed E-state index contributed by atoms with van der Waals surface area (Å²) in [5.41, 5.74) is 0.719. The number of fused-ring (bicyclic) bond motifs is 1. The van der Waals surface area contributed by atoms with E-state index in [2.05, 4.69) is 0 Å². The summed E-state index contributed by atoms with van der Waals surface area (Å²) in [4.78, 5) is 27.1. The third-order valence-electron chi connectivity index (χ3n) is 3.95.